The van der Waals surface area contributed by atoms with Crippen LogP contribution in [0.4, 0.5) is 19.1 Å². The number of ether oxygens (including phenoxy) is 1. The summed E-state index contributed by atoms with van der Waals surface area (Å²) in [6.07, 6.45) is 3.34. The Balaban J connectivity index is 1.66. The van der Waals surface area contributed by atoms with Gasteiger partial charge in [-0.1, -0.05) is 25.0 Å². The van der Waals surface area contributed by atoms with Crippen molar-refractivity contribution in [3.63, 3.8) is 0 Å². The minimum Gasteiger partial charge on any atom is -0.406 e. The van der Waals surface area contributed by atoms with Gasteiger partial charge in [-0.15, -0.1) is 13.2 Å². The van der Waals surface area contributed by atoms with Gasteiger partial charge in [0.1, 0.15) is 5.75 Å². The van der Waals surface area contributed by atoms with Gasteiger partial charge in [-0.2, -0.15) is 0 Å². The Morgan fingerprint density at radius 1 is 0.957 bits per heavy atom. The lowest BCUT2D eigenvalue weighted by molar-refractivity contribution is -0.274. The lowest BCUT2D eigenvalue weighted by atomic mass is 10.1. The maximum Gasteiger partial charge on any atom is 0.573 e. The molecule has 1 aliphatic carbocycles. The maximum atomic E-state index is 12.1. The Morgan fingerprint density at radius 2 is 1.57 bits per heavy atom. The van der Waals surface area contributed by atoms with Crippen LogP contribution in [0.1, 0.15) is 25.7 Å². The van der Waals surface area contributed by atoms with E-state index in [1.165, 1.54) is 25.0 Å². The van der Waals surface area contributed by atoms with Crippen LogP contribution < -0.4 is 10.1 Å². The summed E-state index contributed by atoms with van der Waals surface area (Å²) < 4.78 is 40.2. The van der Waals surface area contributed by atoms with Gasteiger partial charge in [0.05, 0.1) is 0 Å². The second-order valence-corrected chi connectivity index (χ2v) is 5.49. The van der Waals surface area contributed by atoms with Gasteiger partial charge in [0.25, 0.3) is 0 Å². The van der Waals surface area contributed by atoms with Crippen molar-refractivity contribution in [3.05, 3.63) is 36.7 Å². The van der Waals surface area contributed by atoms with E-state index in [1.54, 1.807) is 24.5 Å². The normalized spacial score (nSPS) is 15.6. The number of rotatable bonds is 4. The number of hydrogen-bond donors (Lipinski definition) is 1. The van der Waals surface area contributed by atoms with Crippen LogP contribution in [0.5, 0.6) is 5.75 Å². The van der Waals surface area contributed by atoms with E-state index in [4.69, 9.17) is 0 Å². The highest BCUT2D eigenvalue weighted by atomic mass is 19.4. The van der Waals surface area contributed by atoms with E-state index in [9.17, 15) is 13.2 Å². The van der Waals surface area contributed by atoms with E-state index >= 15 is 0 Å². The predicted octanol–water partition coefficient (Wildman–Crippen LogP) is 4.40. The number of halogens is 3. The van der Waals surface area contributed by atoms with Crippen LogP contribution in [0.25, 0.3) is 11.1 Å². The molecule has 1 aromatic carbocycles. The van der Waals surface area contributed by atoms with Crippen molar-refractivity contribution in [2.45, 2.75) is 38.1 Å². The van der Waals surface area contributed by atoms with Gasteiger partial charge in [0.15, 0.2) is 0 Å². The molecule has 0 atom stereocenters. The SMILES string of the molecule is FC(F)(F)Oc1ccc(-c2cnc(NC3CCCC3)nc2)cc1. The fourth-order valence-corrected chi connectivity index (χ4v) is 2.65. The second kappa shape index (κ2) is 6.44. The van der Waals surface area contributed by atoms with Crippen molar-refractivity contribution in [1.82, 2.24) is 9.97 Å². The third kappa shape index (κ3) is 4.34. The van der Waals surface area contributed by atoms with Crippen LogP contribution in [0.15, 0.2) is 36.7 Å². The number of nitrogens with one attached hydrogen (secondary N) is 1. The average Bonchev–Trinajstić information content (AvgIpc) is 3.00. The molecule has 1 fully saturated rings. The number of nitrogens with zero attached hydrogens (tertiary/aromatic N) is 2. The largest absolute Gasteiger partial charge is 0.573 e. The highest BCUT2D eigenvalue weighted by Crippen LogP contribution is 2.26. The lowest BCUT2D eigenvalue weighted by Gasteiger charge is -2.12. The summed E-state index contributed by atoms with van der Waals surface area (Å²) in [5.41, 5.74) is 1.47. The number of benzene rings is 1. The van der Waals surface area contributed by atoms with Gasteiger partial charge in [-0.05, 0) is 30.5 Å². The minimum absolute atomic E-state index is 0.248. The first-order chi connectivity index (χ1) is 11.0. The molecule has 23 heavy (non-hydrogen) atoms. The summed E-state index contributed by atoms with van der Waals surface area (Å²) in [5, 5.41) is 3.29. The van der Waals surface area contributed by atoms with Crippen LogP contribution in [0.3, 0.4) is 0 Å². The zero-order valence-corrected chi connectivity index (χ0v) is 12.3. The van der Waals surface area contributed by atoms with E-state index in [0.29, 0.717) is 12.0 Å². The number of anilines is 1. The lowest BCUT2D eigenvalue weighted by Crippen LogP contribution is -2.17. The summed E-state index contributed by atoms with van der Waals surface area (Å²) in [6, 6.07) is 6.06. The first-order valence-corrected chi connectivity index (χ1v) is 7.44. The summed E-state index contributed by atoms with van der Waals surface area (Å²) in [6.45, 7) is 0. The highest BCUT2D eigenvalue weighted by Gasteiger charge is 2.30. The van der Waals surface area contributed by atoms with Crippen LogP contribution in [-0.2, 0) is 0 Å². The second-order valence-electron chi connectivity index (χ2n) is 5.49. The number of hydrogen-bond acceptors (Lipinski definition) is 4. The van der Waals surface area contributed by atoms with Crippen LogP contribution in [0, 0.1) is 0 Å². The summed E-state index contributed by atoms with van der Waals surface area (Å²) in [4.78, 5) is 8.53. The van der Waals surface area contributed by atoms with Gasteiger partial charge in [0, 0.05) is 24.0 Å². The molecular formula is C16H16F3N3O. The molecule has 2 aromatic rings. The first-order valence-electron chi connectivity index (χ1n) is 7.44. The molecule has 1 aromatic heterocycles. The molecule has 0 aliphatic heterocycles. The third-order valence-electron chi connectivity index (χ3n) is 3.76. The zero-order valence-electron chi connectivity index (χ0n) is 12.3. The Hall–Kier alpha value is -2.31. The van der Waals surface area contributed by atoms with E-state index in [-0.39, 0.29) is 5.75 Å². The summed E-state index contributed by atoms with van der Waals surface area (Å²) in [7, 11) is 0. The number of alkyl halides is 3. The van der Waals surface area contributed by atoms with Crippen molar-refractivity contribution in [1.29, 1.82) is 0 Å². The molecular weight excluding hydrogens is 307 g/mol. The molecule has 0 spiro atoms. The quantitative estimate of drug-likeness (QED) is 0.906. The highest BCUT2D eigenvalue weighted by molar-refractivity contribution is 5.62. The Labute approximate surface area is 131 Å². The van der Waals surface area contributed by atoms with Crippen molar-refractivity contribution in [2.75, 3.05) is 5.32 Å². The molecule has 7 heteroatoms. The molecule has 3 rings (SSSR count). The topological polar surface area (TPSA) is 47.0 Å². The molecule has 1 aliphatic rings. The Bertz CT molecular complexity index is 635. The molecule has 122 valence electrons. The zero-order chi connectivity index (χ0) is 16.3. The van der Waals surface area contributed by atoms with Crippen LogP contribution >= 0.6 is 0 Å². The van der Waals surface area contributed by atoms with Gasteiger partial charge >= 0.3 is 6.36 Å². The molecule has 4 nitrogen and oxygen atoms in total. The monoisotopic (exact) mass is 323 g/mol. The minimum atomic E-state index is -4.68. The van der Waals surface area contributed by atoms with Crippen LogP contribution in [0.2, 0.25) is 0 Å². The van der Waals surface area contributed by atoms with E-state index < -0.39 is 6.36 Å². The standard InChI is InChI=1S/C16H16F3N3O/c17-16(18,19)23-14-7-5-11(6-8-14)12-9-20-15(21-10-12)22-13-3-1-2-4-13/h5-10,13H,1-4H2,(H,20,21,22). The van der Waals surface area contributed by atoms with Crippen molar-refractivity contribution >= 4 is 5.95 Å². The fourth-order valence-electron chi connectivity index (χ4n) is 2.65. The van der Waals surface area contributed by atoms with E-state index in [2.05, 4.69) is 20.0 Å². The van der Waals surface area contributed by atoms with E-state index in [0.717, 1.165) is 24.0 Å². The molecule has 0 saturated heterocycles. The third-order valence-corrected chi connectivity index (χ3v) is 3.76. The van der Waals surface area contributed by atoms with Gasteiger partial charge < -0.3 is 10.1 Å². The van der Waals surface area contributed by atoms with Gasteiger partial charge in [-0.25, -0.2) is 9.97 Å². The first kappa shape index (κ1) is 15.6. The number of aromatic nitrogens is 2. The summed E-state index contributed by atoms with van der Waals surface area (Å²) >= 11 is 0. The van der Waals surface area contributed by atoms with Crippen molar-refractivity contribution in [3.8, 4) is 16.9 Å². The molecule has 0 radical (unpaired) electrons. The van der Waals surface area contributed by atoms with Crippen molar-refractivity contribution in [2.24, 2.45) is 0 Å². The molecule has 1 saturated carbocycles. The Kier molecular flexibility index (Phi) is 4.36. The smallest absolute Gasteiger partial charge is 0.406 e. The van der Waals surface area contributed by atoms with Crippen molar-refractivity contribution < 1.29 is 17.9 Å². The molecule has 1 heterocycles. The predicted molar refractivity (Wildman–Crippen MR) is 80.0 cm³/mol. The fraction of sp³-hybridized carbons (Fsp3) is 0.375. The maximum absolute atomic E-state index is 12.1. The van der Waals surface area contributed by atoms with E-state index in [1.807, 2.05) is 0 Å². The van der Waals surface area contributed by atoms with Gasteiger partial charge in [0.2, 0.25) is 5.95 Å². The molecule has 0 bridgehead atoms. The molecule has 0 amide bonds. The molecule has 1 N–H and O–H groups in total. The van der Waals surface area contributed by atoms with Crippen LogP contribution in [-0.4, -0.2) is 22.4 Å². The summed E-state index contributed by atoms with van der Waals surface area (Å²) in [5.74, 6) is 0.333. The van der Waals surface area contributed by atoms with Gasteiger partial charge in [-0.3, -0.25) is 0 Å². The Morgan fingerprint density at radius 3 is 2.13 bits per heavy atom. The average molecular weight is 323 g/mol. The molecule has 0 unspecified atom stereocenters.